The summed E-state index contributed by atoms with van der Waals surface area (Å²) < 4.78 is 29.3. The lowest BCUT2D eigenvalue weighted by Gasteiger charge is -2.09. The molecule has 0 heterocycles. The van der Waals surface area contributed by atoms with Gasteiger partial charge >= 0.3 is 0 Å². The second kappa shape index (κ2) is 4.56. The lowest BCUT2D eigenvalue weighted by Crippen LogP contribution is -2.10. The first-order valence-corrected chi connectivity index (χ1v) is 7.34. The van der Waals surface area contributed by atoms with Crippen LogP contribution in [0.3, 0.4) is 0 Å². The maximum absolute atomic E-state index is 12.1. The number of methoxy groups -OCH3 is 1. The molecule has 1 aromatic carbocycles. The van der Waals surface area contributed by atoms with Crippen molar-refractivity contribution in [3.63, 3.8) is 0 Å². The first-order valence-electron chi connectivity index (χ1n) is 5.69. The van der Waals surface area contributed by atoms with Crippen molar-refractivity contribution in [1.29, 1.82) is 0 Å². The molecule has 4 nitrogen and oxygen atoms in total. The molecule has 1 saturated carbocycles. The highest BCUT2D eigenvalue weighted by atomic mass is 32.2. The van der Waals surface area contributed by atoms with Gasteiger partial charge in [0.2, 0.25) is 0 Å². The minimum absolute atomic E-state index is 0.176. The second-order valence-corrected chi connectivity index (χ2v) is 6.53. The van der Waals surface area contributed by atoms with Crippen LogP contribution in [0.5, 0.6) is 5.75 Å². The quantitative estimate of drug-likeness (QED) is 0.815. The van der Waals surface area contributed by atoms with Gasteiger partial charge in [-0.2, -0.15) is 0 Å². The molecule has 0 atom stereocenters. The maximum atomic E-state index is 12.1. The van der Waals surface area contributed by atoms with Crippen LogP contribution in [0.4, 0.5) is 5.69 Å². The molecule has 0 radical (unpaired) electrons. The van der Waals surface area contributed by atoms with E-state index in [1.54, 1.807) is 12.1 Å². The van der Waals surface area contributed by atoms with Crippen LogP contribution in [0.2, 0.25) is 0 Å². The summed E-state index contributed by atoms with van der Waals surface area (Å²) in [7, 11) is -1.78. The Bertz CT molecular complexity index is 506. The molecule has 0 spiro atoms. The van der Waals surface area contributed by atoms with E-state index in [1.807, 2.05) is 0 Å². The van der Waals surface area contributed by atoms with Gasteiger partial charge in [0.1, 0.15) is 5.75 Å². The predicted octanol–water partition coefficient (Wildman–Crippen LogP) is 1.85. The van der Waals surface area contributed by atoms with Crippen molar-refractivity contribution in [3.8, 4) is 5.75 Å². The maximum Gasteiger partial charge on any atom is 0.180 e. The molecule has 1 aliphatic rings. The Labute approximate surface area is 102 Å². The minimum Gasteiger partial charge on any atom is -0.497 e. The van der Waals surface area contributed by atoms with E-state index in [1.165, 1.54) is 13.2 Å². The Morgan fingerprint density at radius 3 is 2.71 bits per heavy atom. The van der Waals surface area contributed by atoms with Crippen LogP contribution in [-0.4, -0.2) is 21.3 Å². The smallest absolute Gasteiger partial charge is 0.180 e. The summed E-state index contributed by atoms with van der Waals surface area (Å²) in [5, 5.41) is 0. The molecule has 0 saturated heterocycles. The molecule has 0 unspecified atom stereocenters. The van der Waals surface area contributed by atoms with Gasteiger partial charge in [-0.25, -0.2) is 8.42 Å². The lowest BCUT2D eigenvalue weighted by atomic mass is 10.3. The third kappa shape index (κ3) is 2.91. The molecule has 17 heavy (non-hydrogen) atoms. The molecule has 2 N–H and O–H groups in total. The summed E-state index contributed by atoms with van der Waals surface area (Å²) in [6.07, 6.45) is 3.05. The molecule has 0 aliphatic heterocycles. The van der Waals surface area contributed by atoms with Crippen molar-refractivity contribution in [1.82, 2.24) is 0 Å². The van der Waals surface area contributed by atoms with Crippen molar-refractivity contribution < 1.29 is 13.2 Å². The second-order valence-electron chi connectivity index (χ2n) is 4.45. The van der Waals surface area contributed by atoms with E-state index in [0.29, 0.717) is 17.4 Å². The molecule has 1 fully saturated rings. The third-order valence-corrected chi connectivity index (χ3v) is 4.84. The van der Waals surface area contributed by atoms with Crippen LogP contribution >= 0.6 is 0 Å². The van der Waals surface area contributed by atoms with Crippen LogP contribution in [0.1, 0.15) is 19.3 Å². The standard InChI is InChI=1S/C12H17NO3S/c1-16-10-4-5-11(13)12(8-10)17(14,15)7-6-9-2-3-9/h4-5,8-9H,2-3,6-7,13H2,1H3. The van der Waals surface area contributed by atoms with Crippen LogP contribution in [0.25, 0.3) is 0 Å². The fraction of sp³-hybridized carbons (Fsp3) is 0.500. The summed E-state index contributed by atoms with van der Waals surface area (Å²) in [6.45, 7) is 0. The van der Waals surface area contributed by atoms with Crippen molar-refractivity contribution >= 4 is 15.5 Å². The zero-order valence-electron chi connectivity index (χ0n) is 9.85. The van der Waals surface area contributed by atoms with Gasteiger partial charge in [0.05, 0.1) is 23.4 Å². The SMILES string of the molecule is COc1ccc(N)c(S(=O)(=O)CCC2CC2)c1. The van der Waals surface area contributed by atoms with E-state index in [4.69, 9.17) is 10.5 Å². The van der Waals surface area contributed by atoms with Gasteiger partial charge in [-0.1, -0.05) is 12.8 Å². The normalized spacial score (nSPS) is 15.8. The fourth-order valence-electron chi connectivity index (χ4n) is 1.75. The first-order chi connectivity index (χ1) is 8.03. The third-order valence-electron chi connectivity index (χ3n) is 3.05. The zero-order chi connectivity index (χ0) is 12.5. The van der Waals surface area contributed by atoms with Crippen LogP contribution < -0.4 is 10.5 Å². The summed E-state index contributed by atoms with van der Waals surface area (Å²) in [5.74, 6) is 1.29. The number of sulfone groups is 1. The number of nitrogen functional groups attached to an aromatic ring is 1. The number of benzene rings is 1. The van der Waals surface area contributed by atoms with Gasteiger partial charge in [0.25, 0.3) is 0 Å². The number of ether oxygens (including phenoxy) is 1. The molecular weight excluding hydrogens is 238 g/mol. The van der Waals surface area contributed by atoms with E-state index in [9.17, 15) is 8.42 Å². The Morgan fingerprint density at radius 1 is 1.41 bits per heavy atom. The van der Waals surface area contributed by atoms with Crippen molar-refractivity contribution in [2.75, 3.05) is 18.6 Å². The fourth-order valence-corrected chi connectivity index (χ4v) is 3.34. The molecule has 2 rings (SSSR count). The zero-order valence-corrected chi connectivity index (χ0v) is 10.7. The topological polar surface area (TPSA) is 69.4 Å². The predicted molar refractivity (Wildman–Crippen MR) is 66.8 cm³/mol. The van der Waals surface area contributed by atoms with Crippen molar-refractivity contribution in [3.05, 3.63) is 18.2 Å². The highest BCUT2D eigenvalue weighted by Crippen LogP contribution is 2.34. The number of hydrogen-bond acceptors (Lipinski definition) is 4. The van der Waals surface area contributed by atoms with Crippen LogP contribution in [0.15, 0.2) is 23.1 Å². The first kappa shape index (κ1) is 12.2. The van der Waals surface area contributed by atoms with Crippen molar-refractivity contribution in [2.24, 2.45) is 5.92 Å². The highest BCUT2D eigenvalue weighted by molar-refractivity contribution is 7.91. The average molecular weight is 255 g/mol. The molecule has 0 bridgehead atoms. The molecule has 0 amide bonds. The number of hydrogen-bond donors (Lipinski definition) is 1. The molecular formula is C12H17NO3S. The van der Waals surface area contributed by atoms with E-state index in [2.05, 4.69) is 0 Å². The Morgan fingerprint density at radius 2 is 2.12 bits per heavy atom. The van der Waals surface area contributed by atoms with Gasteiger partial charge < -0.3 is 10.5 Å². The highest BCUT2D eigenvalue weighted by Gasteiger charge is 2.26. The summed E-state index contributed by atoms with van der Waals surface area (Å²) in [6, 6.07) is 4.73. The molecule has 1 aliphatic carbocycles. The number of anilines is 1. The van der Waals surface area contributed by atoms with E-state index >= 15 is 0 Å². The van der Waals surface area contributed by atoms with Gasteiger partial charge in [-0.05, 0) is 24.5 Å². The van der Waals surface area contributed by atoms with E-state index in [0.717, 1.165) is 19.3 Å². The number of rotatable bonds is 5. The van der Waals surface area contributed by atoms with Crippen LogP contribution in [-0.2, 0) is 9.84 Å². The van der Waals surface area contributed by atoms with Crippen molar-refractivity contribution in [2.45, 2.75) is 24.2 Å². The van der Waals surface area contributed by atoms with Gasteiger partial charge in [0.15, 0.2) is 9.84 Å². The Balaban J connectivity index is 2.23. The Hall–Kier alpha value is -1.23. The largest absolute Gasteiger partial charge is 0.497 e. The van der Waals surface area contributed by atoms with Crippen LogP contribution in [0, 0.1) is 5.92 Å². The summed E-state index contributed by atoms with van der Waals surface area (Å²) in [4.78, 5) is 0.192. The van der Waals surface area contributed by atoms with Gasteiger partial charge in [0, 0.05) is 6.07 Å². The molecule has 5 heteroatoms. The Kier molecular flexibility index (Phi) is 3.28. The minimum atomic E-state index is -3.28. The summed E-state index contributed by atoms with van der Waals surface area (Å²) >= 11 is 0. The average Bonchev–Trinajstić information content (AvgIpc) is 3.11. The molecule has 1 aromatic rings. The van der Waals surface area contributed by atoms with Gasteiger partial charge in [-0.15, -0.1) is 0 Å². The number of nitrogens with two attached hydrogens (primary N) is 1. The van der Waals surface area contributed by atoms with E-state index in [-0.39, 0.29) is 10.6 Å². The van der Waals surface area contributed by atoms with Gasteiger partial charge in [-0.3, -0.25) is 0 Å². The monoisotopic (exact) mass is 255 g/mol. The summed E-state index contributed by atoms with van der Waals surface area (Å²) in [5.41, 5.74) is 6.01. The van der Waals surface area contributed by atoms with E-state index < -0.39 is 9.84 Å². The molecule has 0 aromatic heterocycles. The molecule has 94 valence electrons. The lowest BCUT2D eigenvalue weighted by molar-refractivity contribution is 0.413.